The molecule has 130 valence electrons. The van der Waals surface area contributed by atoms with Gasteiger partial charge < -0.3 is 9.80 Å². The number of piperazine rings is 1. The van der Waals surface area contributed by atoms with Gasteiger partial charge in [-0.3, -0.25) is 14.6 Å². The Kier molecular flexibility index (Phi) is 4.17. The molecule has 0 bridgehead atoms. The van der Waals surface area contributed by atoms with Gasteiger partial charge in [0.1, 0.15) is 18.6 Å². The zero-order valence-electron chi connectivity index (χ0n) is 13.9. The Morgan fingerprint density at radius 1 is 1.04 bits per heavy atom. The molecular formula is C17H20N6O2. The Hall–Kier alpha value is -2.77. The van der Waals surface area contributed by atoms with Crippen LogP contribution in [0.1, 0.15) is 12.8 Å². The van der Waals surface area contributed by atoms with Crippen molar-refractivity contribution >= 4 is 11.8 Å². The smallest absolute Gasteiger partial charge is 0.244 e. The number of amides is 2. The fraction of sp³-hybridized carbons (Fsp3) is 0.471. The number of hydrogen-bond acceptors (Lipinski definition) is 5. The molecule has 0 spiro atoms. The summed E-state index contributed by atoms with van der Waals surface area (Å²) in [6, 6.07) is 5.53. The minimum Gasteiger partial charge on any atom is -0.339 e. The first-order valence-corrected chi connectivity index (χ1v) is 8.58. The summed E-state index contributed by atoms with van der Waals surface area (Å²) in [5, 5.41) is 4.32. The lowest BCUT2D eigenvalue weighted by Crippen LogP contribution is -2.51. The van der Waals surface area contributed by atoms with Crippen molar-refractivity contribution in [2.75, 3.05) is 26.2 Å². The number of carbonyl (C=O) groups is 2. The fourth-order valence-electron chi connectivity index (χ4n) is 2.99. The molecule has 0 aromatic carbocycles. The van der Waals surface area contributed by atoms with Crippen LogP contribution < -0.4 is 0 Å². The molecule has 8 heteroatoms. The van der Waals surface area contributed by atoms with Crippen LogP contribution in [0, 0.1) is 5.92 Å². The molecule has 25 heavy (non-hydrogen) atoms. The van der Waals surface area contributed by atoms with Crippen LogP contribution in [0.3, 0.4) is 0 Å². The van der Waals surface area contributed by atoms with Gasteiger partial charge in [0, 0.05) is 38.3 Å². The zero-order chi connectivity index (χ0) is 17.2. The van der Waals surface area contributed by atoms with Crippen molar-refractivity contribution < 1.29 is 9.59 Å². The first-order chi connectivity index (χ1) is 12.2. The lowest BCUT2D eigenvalue weighted by atomic mass is 10.2. The summed E-state index contributed by atoms with van der Waals surface area (Å²) >= 11 is 0. The van der Waals surface area contributed by atoms with Crippen LogP contribution in [0.4, 0.5) is 0 Å². The molecule has 1 aliphatic heterocycles. The molecule has 0 N–H and O–H groups in total. The summed E-state index contributed by atoms with van der Waals surface area (Å²) in [5.74, 6) is 0.995. The number of carbonyl (C=O) groups excluding carboxylic acids is 2. The van der Waals surface area contributed by atoms with Gasteiger partial charge in [0.25, 0.3) is 0 Å². The first kappa shape index (κ1) is 15.7. The molecule has 2 aromatic heterocycles. The van der Waals surface area contributed by atoms with E-state index in [4.69, 9.17) is 0 Å². The first-order valence-electron chi connectivity index (χ1n) is 8.58. The Morgan fingerprint density at radius 2 is 1.80 bits per heavy atom. The Morgan fingerprint density at radius 3 is 2.48 bits per heavy atom. The lowest BCUT2D eigenvalue weighted by Gasteiger charge is -2.34. The molecule has 8 nitrogen and oxygen atoms in total. The van der Waals surface area contributed by atoms with Crippen LogP contribution >= 0.6 is 0 Å². The van der Waals surface area contributed by atoms with Gasteiger partial charge in [-0.05, 0) is 25.0 Å². The second-order valence-corrected chi connectivity index (χ2v) is 6.46. The van der Waals surface area contributed by atoms with Crippen LogP contribution in [0.2, 0.25) is 0 Å². The van der Waals surface area contributed by atoms with Crippen LogP contribution in [0.15, 0.2) is 30.7 Å². The minimum atomic E-state index is -0.00371. The van der Waals surface area contributed by atoms with E-state index >= 15 is 0 Å². The van der Waals surface area contributed by atoms with E-state index in [0.717, 1.165) is 12.8 Å². The second kappa shape index (κ2) is 6.62. The lowest BCUT2D eigenvalue weighted by molar-refractivity contribution is -0.140. The third-order valence-corrected chi connectivity index (χ3v) is 4.60. The highest BCUT2D eigenvalue weighted by atomic mass is 16.2. The maximum absolute atomic E-state index is 12.5. The summed E-state index contributed by atoms with van der Waals surface area (Å²) in [7, 11) is 0. The fourth-order valence-corrected chi connectivity index (χ4v) is 2.99. The van der Waals surface area contributed by atoms with Gasteiger partial charge in [0.05, 0.1) is 0 Å². The number of rotatable bonds is 4. The quantitative estimate of drug-likeness (QED) is 0.805. The molecule has 1 aliphatic carbocycles. The molecule has 0 atom stereocenters. The molecule has 1 saturated heterocycles. The van der Waals surface area contributed by atoms with Gasteiger partial charge in [-0.2, -0.15) is 0 Å². The van der Waals surface area contributed by atoms with Crippen molar-refractivity contribution in [3.8, 4) is 11.5 Å². The number of aromatic nitrogens is 4. The Bertz CT molecular complexity index is 762. The van der Waals surface area contributed by atoms with Crippen LogP contribution in [0.5, 0.6) is 0 Å². The van der Waals surface area contributed by atoms with Crippen molar-refractivity contribution in [2.45, 2.75) is 19.4 Å². The highest BCUT2D eigenvalue weighted by Gasteiger charge is 2.35. The van der Waals surface area contributed by atoms with Gasteiger partial charge in [0.15, 0.2) is 5.82 Å². The van der Waals surface area contributed by atoms with Gasteiger partial charge in [-0.15, -0.1) is 5.10 Å². The van der Waals surface area contributed by atoms with E-state index in [-0.39, 0.29) is 24.3 Å². The summed E-state index contributed by atoms with van der Waals surface area (Å²) < 4.78 is 1.54. The maximum atomic E-state index is 12.5. The van der Waals surface area contributed by atoms with E-state index < -0.39 is 0 Å². The topological polar surface area (TPSA) is 84.2 Å². The van der Waals surface area contributed by atoms with Crippen LogP contribution in [-0.2, 0) is 16.1 Å². The highest BCUT2D eigenvalue weighted by Crippen LogP contribution is 2.31. The predicted octanol–water partition coefficient (Wildman–Crippen LogP) is 0.421. The average molecular weight is 340 g/mol. The molecular weight excluding hydrogens is 320 g/mol. The highest BCUT2D eigenvalue weighted by molar-refractivity contribution is 5.81. The standard InChI is InChI=1S/C17H20N6O2/c24-15(21-7-9-22(10-8-21)17(25)13-4-5-13)11-23-12-19-16(20-23)14-3-1-2-6-18-14/h1-3,6,12-13H,4-5,7-11H2. The van der Waals surface area contributed by atoms with Crippen molar-refractivity contribution in [3.05, 3.63) is 30.7 Å². The SMILES string of the molecule is O=C(Cn1cnc(-c2ccccn2)n1)N1CCN(C(=O)C2CC2)CC1. The van der Waals surface area contributed by atoms with Crippen molar-refractivity contribution in [3.63, 3.8) is 0 Å². The molecule has 2 amide bonds. The summed E-state index contributed by atoms with van der Waals surface area (Å²) in [5.41, 5.74) is 0.681. The van der Waals surface area contributed by atoms with E-state index in [1.165, 1.54) is 4.68 Å². The molecule has 0 radical (unpaired) electrons. The average Bonchev–Trinajstić information content (AvgIpc) is 3.41. The van der Waals surface area contributed by atoms with Gasteiger partial charge >= 0.3 is 0 Å². The van der Waals surface area contributed by atoms with Crippen LogP contribution in [0.25, 0.3) is 11.5 Å². The summed E-state index contributed by atoms with van der Waals surface area (Å²) in [4.78, 5) is 36.6. The molecule has 0 unspecified atom stereocenters. The number of hydrogen-bond donors (Lipinski definition) is 0. The molecule has 1 saturated carbocycles. The normalized spacial score (nSPS) is 17.6. The molecule has 4 rings (SSSR count). The van der Waals surface area contributed by atoms with Crippen molar-refractivity contribution in [1.82, 2.24) is 29.5 Å². The van der Waals surface area contributed by atoms with Crippen LogP contribution in [-0.4, -0.2) is 67.5 Å². The maximum Gasteiger partial charge on any atom is 0.244 e. The van der Waals surface area contributed by atoms with E-state index in [1.54, 1.807) is 17.4 Å². The van der Waals surface area contributed by atoms with E-state index in [0.29, 0.717) is 37.7 Å². The number of nitrogens with zero attached hydrogens (tertiary/aromatic N) is 6. The summed E-state index contributed by atoms with van der Waals surface area (Å²) in [6.07, 6.45) is 5.27. The van der Waals surface area contributed by atoms with E-state index in [9.17, 15) is 9.59 Å². The number of pyridine rings is 1. The van der Waals surface area contributed by atoms with Gasteiger partial charge in [-0.25, -0.2) is 9.67 Å². The largest absolute Gasteiger partial charge is 0.339 e. The second-order valence-electron chi connectivity index (χ2n) is 6.46. The van der Waals surface area contributed by atoms with E-state index in [1.807, 2.05) is 23.1 Å². The minimum absolute atomic E-state index is 0.00371. The molecule has 2 aromatic rings. The monoisotopic (exact) mass is 340 g/mol. The van der Waals surface area contributed by atoms with E-state index in [2.05, 4.69) is 15.1 Å². The Balaban J connectivity index is 1.32. The molecule has 2 aliphatic rings. The zero-order valence-corrected chi connectivity index (χ0v) is 13.9. The third-order valence-electron chi connectivity index (χ3n) is 4.60. The van der Waals surface area contributed by atoms with Gasteiger partial charge in [-0.1, -0.05) is 6.07 Å². The van der Waals surface area contributed by atoms with Crippen molar-refractivity contribution in [2.24, 2.45) is 5.92 Å². The van der Waals surface area contributed by atoms with Crippen molar-refractivity contribution in [1.29, 1.82) is 0 Å². The Labute approximate surface area is 145 Å². The third kappa shape index (κ3) is 3.52. The molecule has 2 fully saturated rings. The summed E-state index contributed by atoms with van der Waals surface area (Å²) in [6.45, 7) is 2.56. The predicted molar refractivity (Wildman–Crippen MR) is 89.1 cm³/mol. The van der Waals surface area contributed by atoms with Gasteiger partial charge in [0.2, 0.25) is 11.8 Å². The molecule has 3 heterocycles.